The predicted molar refractivity (Wildman–Crippen MR) is 84.4 cm³/mol. The van der Waals surface area contributed by atoms with E-state index in [4.69, 9.17) is 4.74 Å². The Labute approximate surface area is 131 Å². The molecule has 1 saturated carbocycles. The zero-order valence-corrected chi connectivity index (χ0v) is 13.1. The summed E-state index contributed by atoms with van der Waals surface area (Å²) in [6.07, 6.45) is 4.07. The minimum Gasteiger partial charge on any atom is -0.466 e. The van der Waals surface area contributed by atoms with Crippen LogP contribution in [0.15, 0.2) is 24.3 Å². The molecule has 4 nitrogen and oxygen atoms in total. The van der Waals surface area contributed by atoms with E-state index >= 15 is 0 Å². The van der Waals surface area contributed by atoms with Crippen LogP contribution >= 0.6 is 0 Å². The van der Waals surface area contributed by atoms with Crippen molar-refractivity contribution in [1.29, 1.82) is 0 Å². The van der Waals surface area contributed by atoms with E-state index in [0.717, 1.165) is 32.1 Å². The van der Waals surface area contributed by atoms with E-state index < -0.39 is 0 Å². The molecule has 0 saturated heterocycles. The van der Waals surface area contributed by atoms with Crippen LogP contribution in [0.1, 0.15) is 49.8 Å². The summed E-state index contributed by atoms with van der Waals surface area (Å²) < 4.78 is 5.11. The molecule has 0 amide bonds. The second kappa shape index (κ2) is 6.80. The van der Waals surface area contributed by atoms with Crippen LogP contribution in [0.5, 0.6) is 0 Å². The first-order chi connectivity index (χ1) is 10.7. The Kier molecular flexibility index (Phi) is 4.79. The lowest BCUT2D eigenvalue weighted by Crippen LogP contribution is -2.40. The summed E-state index contributed by atoms with van der Waals surface area (Å²) >= 11 is 0. The molecule has 4 heteroatoms. The third-order valence-corrected chi connectivity index (χ3v) is 4.97. The molecular formula is C18H25NO3. The smallest absolute Gasteiger partial charge is 0.308 e. The van der Waals surface area contributed by atoms with Gasteiger partial charge in [0.15, 0.2) is 0 Å². The lowest BCUT2D eigenvalue weighted by molar-refractivity contribution is -0.149. The summed E-state index contributed by atoms with van der Waals surface area (Å²) in [7, 11) is 0. The zero-order chi connectivity index (χ0) is 15.5. The third-order valence-electron chi connectivity index (χ3n) is 4.97. The second-order valence-corrected chi connectivity index (χ2v) is 6.42. The molecule has 0 unspecified atom stereocenters. The van der Waals surface area contributed by atoms with Crippen molar-refractivity contribution in [2.24, 2.45) is 5.92 Å². The zero-order valence-electron chi connectivity index (χ0n) is 13.1. The van der Waals surface area contributed by atoms with E-state index in [1.54, 1.807) is 0 Å². The maximum Gasteiger partial charge on any atom is 0.308 e. The Morgan fingerprint density at radius 3 is 2.73 bits per heavy atom. The van der Waals surface area contributed by atoms with E-state index in [1.807, 2.05) is 19.1 Å². The highest BCUT2D eigenvalue weighted by Crippen LogP contribution is 2.34. The first kappa shape index (κ1) is 15.5. The SMILES string of the molecule is CCOC(=O)C1CCC(N[C@@H]2c3ccccc3C[C@@H]2O)CC1. The van der Waals surface area contributed by atoms with E-state index in [2.05, 4.69) is 17.4 Å². The van der Waals surface area contributed by atoms with Gasteiger partial charge >= 0.3 is 5.97 Å². The highest BCUT2D eigenvalue weighted by molar-refractivity contribution is 5.72. The van der Waals surface area contributed by atoms with Gasteiger partial charge < -0.3 is 15.2 Å². The van der Waals surface area contributed by atoms with Gasteiger partial charge in [-0.25, -0.2) is 0 Å². The lowest BCUT2D eigenvalue weighted by atomic mass is 9.85. The number of carbonyl (C=O) groups excluding carboxylic acids is 1. The van der Waals surface area contributed by atoms with Crippen LogP contribution in [0, 0.1) is 5.92 Å². The average molecular weight is 303 g/mol. The molecule has 0 aliphatic heterocycles. The second-order valence-electron chi connectivity index (χ2n) is 6.42. The lowest BCUT2D eigenvalue weighted by Gasteiger charge is -2.31. The molecule has 0 radical (unpaired) electrons. The maximum absolute atomic E-state index is 11.8. The quantitative estimate of drug-likeness (QED) is 0.838. The molecule has 0 spiro atoms. The molecule has 2 aliphatic rings. The van der Waals surface area contributed by atoms with Crippen molar-refractivity contribution in [3.05, 3.63) is 35.4 Å². The van der Waals surface area contributed by atoms with Crippen LogP contribution in [-0.4, -0.2) is 29.8 Å². The van der Waals surface area contributed by atoms with Gasteiger partial charge in [-0.1, -0.05) is 24.3 Å². The molecule has 1 aromatic carbocycles. The van der Waals surface area contributed by atoms with Gasteiger partial charge in [0, 0.05) is 12.5 Å². The summed E-state index contributed by atoms with van der Waals surface area (Å²) in [5.74, 6) is 0.00554. The Hall–Kier alpha value is -1.39. The first-order valence-corrected chi connectivity index (χ1v) is 8.37. The van der Waals surface area contributed by atoms with E-state index in [9.17, 15) is 9.90 Å². The van der Waals surface area contributed by atoms with Gasteiger partial charge in [-0.2, -0.15) is 0 Å². The Morgan fingerprint density at radius 2 is 2.00 bits per heavy atom. The molecule has 0 heterocycles. The number of esters is 1. The van der Waals surface area contributed by atoms with Crippen molar-refractivity contribution in [2.45, 2.75) is 57.2 Å². The van der Waals surface area contributed by atoms with Crippen molar-refractivity contribution in [1.82, 2.24) is 5.32 Å². The van der Waals surface area contributed by atoms with Crippen molar-refractivity contribution in [3.63, 3.8) is 0 Å². The summed E-state index contributed by atoms with van der Waals surface area (Å²) in [6.45, 7) is 2.31. The fourth-order valence-corrected chi connectivity index (χ4v) is 3.78. The Morgan fingerprint density at radius 1 is 1.27 bits per heavy atom. The van der Waals surface area contributed by atoms with E-state index in [-0.39, 0.29) is 24.0 Å². The van der Waals surface area contributed by atoms with Gasteiger partial charge in [0.25, 0.3) is 0 Å². The fourth-order valence-electron chi connectivity index (χ4n) is 3.78. The molecule has 2 N–H and O–H groups in total. The van der Waals surface area contributed by atoms with Crippen LogP contribution in [0.4, 0.5) is 0 Å². The molecule has 2 atom stereocenters. The van der Waals surface area contributed by atoms with Crippen LogP contribution in [0.3, 0.4) is 0 Å². The van der Waals surface area contributed by atoms with Crippen molar-refractivity contribution in [2.75, 3.05) is 6.61 Å². The van der Waals surface area contributed by atoms with Crippen molar-refractivity contribution < 1.29 is 14.6 Å². The summed E-state index contributed by atoms with van der Waals surface area (Å²) in [5, 5.41) is 13.9. The Bertz CT molecular complexity index is 523. The largest absolute Gasteiger partial charge is 0.466 e. The Balaban J connectivity index is 1.56. The molecular weight excluding hydrogens is 278 g/mol. The van der Waals surface area contributed by atoms with Gasteiger partial charge in [-0.3, -0.25) is 4.79 Å². The molecule has 120 valence electrons. The van der Waals surface area contributed by atoms with Crippen LogP contribution in [0.25, 0.3) is 0 Å². The molecule has 22 heavy (non-hydrogen) atoms. The number of carbonyl (C=O) groups is 1. The van der Waals surface area contributed by atoms with Gasteiger partial charge in [-0.15, -0.1) is 0 Å². The number of aliphatic hydroxyl groups excluding tert-OH is 1. The minimum atomic E-state index is -0.347. The van der Waals surface area contributed by atoms with Crippen molar-refractivity contribution >= 4 is 5.97 Å². The van der Waals surface area contributed by atoms with Gasteiger partial charge in [-0.05, 0) is 43.7 Å². The average Bonchev–Trinajstić information content (AvgIpc) is 2.84. The number of fused-ring (bicyclic) bond motifs is 1. The monoisotopic (exact) mass is 303 g/mol. The number of nitrogens with one attached hydrogen (secondary N) is 1. The van der Waals surface area contributed by atoms with Crippen LogP contribution in [0.2, 0.25) is 0 Å². The van der Waals surface area contributed by atoms with Crippen molar-refractivity contribution in [3.8, 4) is 0 Å². The fraction of sp³-hybridized carbons (Fsp3) is 0.611. The highest BCUT2D eigenvalue weighted by Gasteiger charge is 2.34. The normalized spacial score (nSPS) is 30.8. The standard InChI is InChI=1S/C18H25NO3/c1-2-22-18(21)12-7-9-14(10-8-12)19-17-15-6-4-3-5-13(15)11-16(17)20/h3-6,12,14,16-17,19-20H,2,7-11H2,1H3/t12?,14?,16-,17+/m0/s1. The number of hydrogen-bond donors (Lipinski definition) is 2. The molecule has 0 aromatic heterocycles. The molecule has 2 aliphatic carbocycles. The topological polar surface area (TPSA) is 58.6 Å². The number of hydrogen-bond acceptors (Lipinski definition) is 4. The van der Waals surface area contributed by atoms with Gasteiger partial charge in [0.05, 0.1) is 24.7 Å². The molecule has 1 aromatic rings. The number of aliphatic hydroxyl groups is 1. The first-order valence-electron chi connectivity index (χ1n) is 8.37. The van der Waals surface area contributed by atoms with Crippen LogP contribution in [-0.2, 0) is 16.0 Å². The number of rotatable bonds is 4. The molecule has 3 rings (SSSR count). The summed E-state index contributed by atoms with van der Waals surface area (Å²) in [4.78, 5) is 11.8. The van der Waals surface area contributed by atoms with Gasteiger partial charge in [0.2, 0.25) is 0 Å². The predicted octanol–water partition coefficient (Wildman–Crippen LogP) is 2.36. The molecule has 0 bridgehead atoms. The summed E-state index contributed by atoms with van der Waals surface area (Å²) in [6, 6.07) is 8.66. The highest BCUT2D eigenvalue weighted by atomic mass is 16.5. The van der Waals surface area contributed by atoms with E-state index in [1.165, 1.54) is 11.1 Å². The summed E-state index contributed by atoms with van der Waals surface area (Å²) in [5.41, 5.74) is 2.47. The third kappa shape index (κ3) is 3.18. The van der Waals surface area contributed by atoms with Crippen LogP contribution < -0.4 is 5.32 Å². The minimum absolute atomic E-state index is 0.0281. The maximum atomic E-state index is 11.8. The van der Waals surface area contributed by atoms with E-state index in [0.29, 0.717) is 12.6 Å². The number of ether oxygens (including phenoxy) is 1. The number of benzene rings is 1. The molecule has 1 fully saturated rings. The van der Waals surface area contributed by atoms with Gasteiger partial charge in [0.1, 0.15) is 0 Å².